The van der Waals surface area contributed by atoms with E-state index < -0.39 is 11.9 Å². The van der Waals surface area contributed by atoms with Crippen molar-refractivity contribution in [2.24, 2.45) is 0 Å². The predicted molar refractivity (Wildman–Crippen MR) is 103 cm³/mol. The van der Waals surface area contributed by atoms with Crippen LogP contribution in [-0.4, -0.2) is 34.7 Å². The molecular weight excluding hydrogens is 359 g/mol. The van der Waals surface area contributed by atoms with E-state index >= 15 is 0 Å². The number of anilines is 1. The molecule has 28 heavy (non-hydrogen) atoms. The summed E-state index contributed by atoms with van der Waals surface area (Å²) >= 11 is 0. The van der Waals surface area contributed by atoms with Crippen LogP contribution in [0.25, 0.3) is 5.69 Å². The molecule has 0 saturated heterocycles. The van der Waals surface area contributed by atoms with E-state index in [-0.39, 0.29) is 17.5 Å². The second kappa shape index (κ2) is 6.92. The number of carbonyl (C=O) groups is 2. The molecule has 4 rings (SSSR count). The van der Waals surface area contributed by atoms with Gasteiger partial charge in [-0.25, -0.2) is 9.07 Å². The second-order valence-electron chi connectivity index (χ2n) is 6.64. The van der Waals surface area contributed by atoms with Gasteiger partial charge in [-0.1, -0.05) is 30.3 Å². The van der Waals surface area contributed by atoms with Crippen LogP contribution in [0.15, 0.2) is 54.7 Å². The van der Waals surface area contributed by atoms with Gasteiger partial charge in [0.15, 0.2) is 0 Å². The van der Waals surface area contributed by atoms with Gasteiger partial charge in [-0.3, -0.25) is 14.5 Å². The third-order valence-electron chi connectivity index (χ3n) is 5.06. The topological polar surface area (TPSA) is 67.2 Å². The smallest absolute Gasteiger partial charge is 0.262 e. The Hall–Kier alpha value is -3.48. The first-order valence-corrected chi connectivity index (χ1v) is 8.95. The largest absolute Gasteiger partial charge is 0.357 e. The molecule has 1 aliphatic heterocycles. The van der Waals surface area contributed by atoms with Crippen LogP contribution in [-0.2, 0) is 11.2 Å². The van der Waals surface area contributed by atoms with E-state index in [1.165, 1.54) is 21.8 Å². The van der Waals surface area contributed by atoms with Crippen molar-refractivity contribution in [3.8, 4) is 5.69 Å². The Labute approximate surface area is 161 Å². The summed E-state index contributed by atoms with van der Waals surface area (Å²) in [4.78, 5) is 27.3. The zero-order valence-corrected chi connectivity index (χ0v) is 15.5. The highest BCUT2D eigenvalue weighted by atomic mass is 19.1. The molecule has 0 fully saturated rings. The maximum Gasteiger partial charge on any atom is 0.262 e. The summed E-state index contributed by atoms with van der Waals surface area (Å²) in [5.41, 5.74) is 2.75. The average molecular weight is 378 g/mol. The van der Waals surface area contributed by atoms with Gasteiger partial charge in [-0.05, 0) is 30.7 Å². The number of benzene rings is 2. The molecular formula is C21H19FN4O2. The monoisotopic (exact) mass is 378 g/mol. The van der Waals surface area contributed by atoms with Crippen molar-refractivity contribution in [3.05, 3.63) is 77.4 Å². The van der Waals surface area contributed by atoms with E-state index in [1.807, 2.05) is 24.3 Å². The van der Waals surface area contributed by atoms with Crippen LogP contribution >= 0.6 is 0 Å². The Balaban J connectivity index is 1.77. The number of rotatable bonds is 3. The van der Waals surface area contributed by atoms with Gasteiger partial charge in [0.2, 0.25) is 5.91 Å². The number of nitrogens with zero attached hydrogens (tertiary/aromatic N) is 3. The third-order valence-corrected chi connectivity index (χ3v) is 5.06. The molecule has 0 saturated carbocycles. The van der Waals surface area contributed by atoms with Gasteiger partial charge >= 0.3 is 0 Å². The summed E-state index contributed by atoms with van der Waals surface area (Å²) in [6.45, 7) is 1.71. The van der Waals surface area contributed by atoms with E-state index in [1.54, 1.807) is 32.2 Å². The van der Waals surface area contributed by atoms with Gasteiger partial charge in [-0.15, -0.1) is 0 Å². The van der Waals surface area contributed by atoms with E-state index in [0.717, 1.165) is 5.56 Å². The van der Waals surface area contributed by atoms with Crippen molar-refractivity contribution in [2.45, 2.75) is 19.4 Å². The van der Waals surface area contributed by atoms with E-state index in [9.17, 15) is 14.0 Å². The number of nitrogens with one attached hydrogen (secondary N) is 1. The van der Waals surface area contributed by atoms with Gasteiger partial charge < -0.3 is 5.32 Å². The molecule has 6 nitrogen and oxygen atoms in total. The van der Waals surface area contributed by atoms with Gasteiger partial charge in [0.25, 0.3) is 5.91 Å². The zero-order valence-electron chi connectivity index (χ0n) is 15.5. The number of hydrogen-bond donors (Lipinski definition) is 1. The molecule has 1 unspecified atom stereocenters. The zero-order chi connectivity index (χ0) is 19.8. The number of likely N-dealkylation sites (N-methyl/N-ethyl adjacent to an activating group) is 1. The number of para-hydroxylation sites is 2. The number of hydrogen-bond acceptors (Lipinski definition) is 3. The maximum absolute atomic E-state index is 14.2. The molecule has 0 aliphatic carbocycles. The highest BCUT2D eigenvalue weighted by molar-refractivity contribution is 6.12. The first-order chi connectivity index (χ1) is 13.5. The van der Waals surface area contributed by atoms with E-state index in [2.05, 4.69) is 10.4 Å². The van der Waals surface area contributed by atoms with Gasteiger partial charge in [0.05, 0.1) is 17.5 Å². The molecule has 1 aromatic heterocycles. The standard InChI is InChI=1S/C21H19FN4O2/c1-13-15(12-24-26(13)18-10-6-4-8-16(18)22)21(28)25-17-9-5-3-7-14(17)11-19(25)20(27)23-2/h3-10,12,19H,11H2,1-2H3,(H,23,27). The van der Waals surface area contributed by atoms with Crippen molar-refractivity contribution in [2.75, 3.05) is 11.9 Å². The van der Waals surface area contributed by atoms with Crippen LogP contribution in [0.3, 0.4) is 0 Å². The molecule has 2 amide bonds. The van der Waals surface area contributed by atoms with Crippen LogP contribution in [0.5, 0.6) is 0 Å². The second-order valence-corrected chi connectivity index (χ2v) is 6.64. The van der Waals surface area contributed by atoms with Crippen LogP contribution in [0, 0.1) is 12.7 Å². The van der Waals surface area contributed by atoms with Crippen molar-refractivity contribution in [1.29, 1.82) is 0 Å². The Kier molecular flexibility index (Phi) is 4.43. The molecule has 1 N–H and O–H groups in total. The summed E-state index contributed by atoms with van der Waals surface area (Å²) < 4.78 is 15.6. The Morgan fingerprint density at radius 2 is 1.79 bits per heavy atom. The Morgan fingerprint density at radius 3 is 2.50 bits per heavy atom. The normalized spacial score (nSPS) is 15.4. The van der Waals surface area contributed by atoms with Crippen molar-refractivity contribution >= 4 is 17.5 Å². The SMILES string of the molecule is CNC(=O)C1Cc2ccccc2N1C(=O)c1cnn(-c2ccccc2F)c1C. The first-order valence-electron chi connectivity index (χ1n) is 8.95. The predicted octanol–water partition coefficient (Wildman–Crippen LogP) is 2.64. The minimum atomic E-state index is -0.633. The highest BCUT2D eigenvalue weighted by Gasteiger charge is 2.39. The molecule has 142 valence electrons. The van der Waals surface area contributed by atoms with Crippen LogP contribution in [0.4, 0.5) is 10.1 Å². The summed E-state index contributed by atoms with van der Waals surface area (Å²) in [7, 11) is 1.55. The van der Waals surface area contributed by atoms with Crippen LogP contribution < -0.4 is 10.2 Å². The fourth-order valence-electron chi connectivity index (χ4n) is 3.63. The molecule has 2 aromatic carbocycles. The quantitative estimate of drug-likeness (QED) is 0.762. The highest BCUT2D eigenvalue weighted by Crippen LogP contribution is 2.34. The molecule has 2 heterocycles. The molecule has 0 radical (unpaired) electrons. The number of amides is 2. The fourth-order valence-corrected chi connectivity index (χ4v) is 3.63. The Morgan fingerprint density at radius 1 is 1.11 bits per heavy atom. The van der Waals surface area contributed by atoms with Crippen LogP contribution in [0.1, 0.15) is 21.6 Å². The summed E-state index contributed by atoms with van der Waals surface area (Å²) in [6, 6.07) is 13.1. The van der Waals surface area contributed by atoms with Gasteiger partial charge in [-0.2, -0.15) is 5.10 Å². The molecule has 0 bridgehead atoms. The molecule has 0 spiro atoms. The van der Waals surface area contributed by atoms with E-state index in [4.69, 9.17) is 0 Å². The molecule has 3 aromatic rings. The maximum atomic E-state index is 14.2. The Bertz CT molecular complexity index is 1080. The molecule has 1 aliphatic rings. The van der Waals surface area contributed by atoms with Gasteiger partial charge in [0.1, 0.15) is 17.5 Å². The van der Waals surface area contributed by atoms with E-state index in [0.29, 0.717) is 23.4 Å². The van der Waals surface area contributed by atoms with Crippen LogP contribution in [0.2, 0.25) is 0 Å². The fraction of sp³-hybridized carbons (Fsp3) is 0.190. The first kappa shape index (κ1) is 17.9. The minimum absolute atomic E-state index is 0.233. The van der Waals surface area contributed by atoms with Gasteiger partial charge in [0, 0.05) is 19.2 Å². The lowest BCUT2D eigenvalue weighted by Crippen LogP contribution is -2.47. The lowest BCUT2D eigenvalue weighted by atomic mass is 10.1. The van der Waals surface area contributed by atoms with Crippen molar-refractivity contribution in [1.82, 2.24) is 15.1 Å². The van der Waals surface area contributed by atoms with Crippen molar-refractivity contribution in [3.63, 3.8) is 0 Å². The molecule has 7 heteroatoms. The summed E-state index contributed by atoms with van der Waals surface area (Å²) in [5, 5.41) is 6.84. The number of halogens is 1. The average Bonchev–Trinajstić information content (AvgIpc) is 3.28. The number of fused-ring (bicyclic) bond motifs is 1. The third kappa shape index (κ3) is 2.76. The number of aromatic nitrogens is 2. The summed E-state index contributed by atoms with van der Waals surface area (Å²) in [6.07, 6.45) is 1.87. The minimum Gasteiger partial charge on any atom is -0.357 e. The number of carbonyl (C=O) groups excluding carboxylic acids is 2. The summed E-state index contributed by atoms with van der Waals surface area (Å²) in [5.74, 6) is -0.996. The van der Waals surface area contributed by atoms with Crippen molar-refractivity contribution < 1.29 is 14.0 Å². The lowest BCUT2D eigenvalue weighted by Gasteiger charge is -2.24. The lowest BCUT2D eigenvalue weighted by molar-refractivity contribution is -0.121. The molecule has 1 atom stereocenters.